The number of hydrogen-bond acceptors (Lipinski definition) is 6. The average Bonchev–Trinajstić information content (AvgIpc) is 2.91. The molecule has 0 radical (unpaired) electrons. The van der Waals surface area contributed by atoms with Gasteiger partial charge in [-0.1, -0.05) is 40.0 Å². The van der Waals surface area contributed by atoms with Gasteiger partial charge in [-0.3, -0.25) is 0 Å². The van der Waals surface area contributed by atoms with E-state index in [1.165, 1.54) is 23.2 Å². The number of rotatable bonds is 5. The Balaban J connectivity index is 1.81. The lowest BCUT2D eigenvalue weighted by atomic mass is 10.3. The van der Waals surface area contributed by atoms with Crippen molar-refractivity contribution in [1.82, 2.24) is 14.8 Å². The Bertz CT molecular complexity index is 1070. The van der Waals surface area contributed by atoms with Crippen LogP contribution in [0.3, 0.4) is 0 Å². The molecule has 0 amide bonds. The largest absolute Gasteiger partial charge is 0.437 e. The molecular weight excluding hydrogens is 427 g/mol. The summed E-state index contributed by atoms with van der Waals surface area (Å²) in [6.45, 7) is 1.76. The number of nitrogens with zero attached hydrogens (tertiary/aromatic N) is 4. The topological polar surface area (TPSA) is 78.6 Å². The minimum atomic E-state index is -0.737. The number of aromatic nitrogens is 3. The highest BCUT2D eigenvalue weighted by Gasteiger charge is 2.17. The fourth-order valence-electron chi connectivity index (χ4n) is 2.30. The number of aryl methyl sites for hydroxylation is 2. The van der Waals surface area contributed by atoms with Gasteiger partial charge >= 0.3 is 5.97 Å². The lowest BCUT2D eigenvalue weighted by molar-refractivity contribution is 0.0519. The van der Waals surface area contributed by atoms with Gasteiger partial charge in [-0.25, -0.2) is 14.5 Å². The minimum Gasteiger partial charge on any atom is -0.437 e. The molecule has 3 aromatic rings. The lowest BCUT2D eigenvalue weighted by Crippen LogP contribution is -2.03. The summed E-state index contributed by atoms with van der Waals surface area (Å²) in [7, 11) is 1.70. The fraction of sp³-hybridized carbons (Fsp3) is 0.111. The second-order valence-electron chi connectivity index (χ2n) is 5.56. The standard InChI is InChI=1S/C18H13Cl3N4O3/c1-10-13(9-23-28-18(26)12-4-3-7-22-16(12)21)17(25(2)24-10)27-15-6-5-11(19)8-14(15)20/h3-9H,1-2H3/b23-9+. The van der Waals surface area contributed by atoms with Crippen LogP contribution in [-0.2, 0) is 11.9 Å². The van der Waals surface area contributed by atoms with Crippen molar-refractivity contribution >= 4 is 47.0 Å². The third kappa shape index (κ3) is 4.44. The number of oxime groups is 1. The van der Waals surface area contributed by atoms with Crippen LogP contribution in [0.5, 0.6) is 11.6 Å². The van der Waals surface area contributed by atoms with E-state index in [2.05, 4.69) is 15.2 Å². The average molecular weight is 440 g/mol. The Morgan fingerprint density at radius 2 is 2.04 bits per heavy atom. The van der Waals surface area contributed by atoms with E-state index in [4.69, 9.17) is 44.4 Å². The Hall–Kier alpha value is -2.61. The van der Waals surface area contributed by atoms with Crippen molar-refractivity contribution < 1.29 is 14.4 Å². The smallest absolute Gasteiger partial charge is 0.368 e. The van der Waals surface area contributed by atoms with Crippen molar-refractivity contribution in [1.29, 1.82) is 0 Å². The van der Waals surface area contributed by atoms with Crippen LogP contribution in [0.15, 0.2) is 41.7 Å². The molecule has 0 fully saturated rings. The molecule has 10 heteroatoms. The summed E-state index contributed by atoms with van der Waals surface area (Å²) in [4.78, 5) is 20.8. The van der Waals surface area contributed by atoms with Gasteiger partial charge in [0.15, 0.2) is 0 Å². The fourth-order valence-corrected chi connectivity index (χ4v) is 2.94. The molecule has 3 rings (SSSR count). The van der Waals surface area contributed by atoms with Crippen molar-refractivity contribution in [3.63, 3.8) is 0 Å². The maximum absolute atomic E-state index is 12.1. The van der Waals surface area contributed by atoms with Gasteiger partial charge in [0, 0.05) is 18.3 Å². The maximum Gasteiger partial charge on any atom is 0.368 e. The van der Waals surface area contributed by atoms with Crippen molar-refractivity contribution in [2.75, 3.05) is 0 Å². The minimum absolute atomic E-state index is 0.0293. The number of ether oxygens (including phenoxy) is 1. The summed E-state index contributed by atoms with van der Waals surface area (Å²) >= 11 is 17.9. The zero-order valence-corrected chi connectivity index (χ0v) is 17.0. The number of halogens is 3. The molecule has 0 aliphatic carbocycles. The highest BCUT2D eigenvalue weighted by molar-refractivity contribution is 6.35. The van der Waals surface area contributed by atoms with E-state index in [1.54, 1.807) is 38.2 Å². The predicted molar refractivity (Wildman–Crippen MR) is 107 cm³/mol. The molecule has 0 saturated heterocycles. The van der Waals surface area contributed by atoms with E-state index in [9.17, 15) is 4.79 Å². The molecule has 0 saturated carbocycles. The molecule has 28 heavy (non-hydrogen) atoms. The first-order valence-electron chi connectivity index (χ1n) is 7.88. The molecule has 2 heterocycles. The number of benzene rings is 1. The van der Waals surface area contributed by atoms with E-state index in [0.717, 1.165) is 0 Å². The van der Waals surface area contributed by atoms with Crippen molar-refractivity contribution in [3.05, 3.63) is 68.5 Å². The van der Waals surface area contributed by atoms with Crippen molar-refractivity contribution in [2.24, 2.45) is 12.2 Å². The van der Waals surface area contributed by atoms with Crippen LogP contribution < -0.4 is 4.74 Å². The maximum atomic E-state index is 12.1. The number of hydrogen-bond donors (Lipinski definition) is 0. The van der Waals surface area contributed by atoms with Gasteiger partial charge in [0.05, 0.1) is 28.1 Å². The van der Waals surface area contributed by atoms with Gasteiger partial charge in [-0.05, 0) is 37.3 Å². The summed E-state index contributed by atoms with van der Waals surface area (Å²) in [6, 6.07) is 7.91. The molecule has 0 spiro atoms. The van der Waals surface area contributed by atoms with Crippen molar-refractivity contribution in [2.45, 2.75) is 6.92 Å². The normalized spacial score (nSPS) is 11.0. The highest BCUT2D eigenvalue weighted by atomic mass is 35.5. The van der Waals surface area contributed by atoms with E-state index in [0.29, 0.717) is 32.9 Å². The zero-order chi connectivity index (χ0) is 20.3. The van der Waals surface area contributed by atoms with Crippen LogP contribution in [0.25, 0.3) is 0 Å². The van der Waals surface area contributed by atoms with Crippen LogP contribution in [0.4, 0.5) is 0 Å². The molecular formula is C18H13Cl3N4O3. The van der Waals surface area contributed by atoms with Crippen LogP contribution in [0, 0.1) is 6.92 Å². The first-order valence-corrected chi connectivity index (χ1v) is 9.02. The quantitative estimate of drug-likeness (QED) is 0.240. The molecule has 0 atom stereocenters. The van der Waals surface area contributed by atoms with Gasteiger partial charge in [-0.15, -0.1) is 0 Å². The van der Waals surface area contributed by atoms with Gasteiger partial charge in [0.2, 0.25) is 5.88 Å². The Morgan fingerprint density at radius 3 is 2.75 bits per heavy atom. The number of carbonyl (C=O) groups excluding carboxylic acids is 1. The Morgan fingerprint density at radius 1 is 1.25 bits per heavy atom. The molecule has 2 aromatic heterocycles. The predicted octanol–water partition coefficient (Wildman–Crippen LogP) is 5.07. The first-order chi connectivity index (χ1) is 13.4. The summed E-state index contributed by atoms with van der Waals surface area (Å²) in [5.74, 6) is 0.0166. The third-order valence-corrected chi connectivity index (χ3v) is 4.44. The molecule has 0 N–H and O–H groups in total. The van der Waals surface area contributed by atoms with Crippen LogP contribution in [-0.4, -0.2) is 26.9 Å². The van der Waals surface area contributed by atoms with Gasteiger partial charge < -0.3 is 9.57 Å². The van der Waals surface area contributed by atoms with Crippen LogP contribution >= 0.6 is 34.8 Å². The number of carbonyl (C=O) groups is 1. The first kappa shape index (κ1) is 20.1. The monoisotopic (exact) mass is 438 g/mol. The molecule has 1 aromatic carbocycles. The highest BCUT2D eigenvalue weighted by Crippen LogP contribution is 2.33. The second-order valence-corrected chi connectivity index (χ2v) is 6.76. The molecule has 0 aliphatic heterocycles. The molecule has 0 bridgehead atoms. The SMILES string of the molecule is Cc1nn(C)c(Oc2ccc(Cl)cc2Cl)c1/C=N/OC(=O)c1cccnc1Cl. The molecule has 7 nitrogen and oxygen atoms in total. The van der Waals surface area contributed by atoms with Gasteiger partial charge in [-0.2, -0.15) is 5.10 Å². The number of pyridine rings is 1. The summed E-state index contributed by atoms with van der Waals surface area (Å²) < 4.78 is 7.37. The van der Waals surface area contributed by atoms with Gasteiger partial charge in [0.25, 0.3) is 0 Å². The molecule has 0 aliphatic rings. The summed E-state index contributed by atoms with van der Waals surface area (Å²) in [6.07, 6.45) is 2.79. The summed E-state index contributed by atoms with van der Waals surface area (Å²) in [5, 5.41) is 8.86. The Labute approximate surface area is 175 Å². The van der Waals surface area contributed by atoms with E-state index < -0.39 is 5.97 Å². The second kappa shape index (κ2) is 8.60. The van der Waals surface area contributed by atoms with Crippen LogP contribution in [0.2, 0.25) is 15.2 Å². The molecule has 0 unspecified atom stereocenters. The van der Waals surface area contributed by atoms with Crippen LogP contribution in [0.1, 0.15) is 21.6 Å². The third-order valence-electron chi connectivity index (χ3n) is 3.61. The summed E-state index contributed by atoms with van der Waals surface area (Å²) in [5.41, 5.74) is 1.23. The van der Waals surface area contributed by atoms with E-state index >= 15 is 0 Å². The van der Waals surface area contributed by atoms with Gasteiger partial charge in [0.1, 0.15) is 10.9 Å². The lowest BCUT2D eigenvalue weighted by Gasteiger charge is -2.08. The molecule has 144 valence electrons. The Kier molecular flexibility index (Phi) is 6.18. The zero-order valence-electron chi connectivity index (χ0n) is 14.7. The van der Waals surface area contributed by atoms with E-state index in [1.807, 2.05) is 0 Å². The van der Waals surface area contributed by atoms with Crippen molar-refractivity contribution in [3.8, 4) is 11.6 Å². The van der Waals surface area contributed by atoms with E-state index in [-0.39, 0.29) is 10.7 Å².